The van der Waals surface area contributed by atoms with E-state index in [1.165, 1.54) is 13.0 Å². The van der Waals surface area contributed by atoms with E-state index in [0.29, 0.717) is 16.7 Å². The van der Waals surface area contributed by atoms with Crippen LogP contribution in [0.4, 0.5) is 9.59 Å². The molecule has 0 saturated carbocycles. The van der Waals surface area contributed by atoms with Crippen LogP contribution in [0.25, 0.3) is 0 Å². The van der Waals surface area contributed by atoms with Gasteiger partial charge in [0.2, 0.25) is 0 Å². The molecular weight excluding hydrogens is 812 g/mol. The van der Waals surface area contributed by atoms with Crippen molar-refractivity contribution in [1.82, 2.24) is 10.4 Å². The zero-order valence-corrected chi connectivity index (χ0v) is 34.9. The van der Waals surface area contributed by atoms with Crippen LogP contribution < -0.4 is 14.7 Å². The summed E-state index contributed by atoms with van der Waals surface area (Å²) >= 11 is 0. The number of nitrogens with zero attached hydrogens (tertiary/aromatic N) is 1. The van der Waals surface area contributed by atoms with Crippen LogP contribution in [0.1, 0.15) is 40.3 Å². The van der Waals surface area contributed by atoms with Gasteiger partial charge < -0.3 is 23.8 Å². The molecule has 0 aliphatic rings. The van der Waals surface area contributed by atoms with Crippen LogP contribution in [0.15, 0.2) is 170 Å². The first kappa shape index (κ1) is 44.6. The summed E-state index contributed by atoms with van der Waals surface area (Å²) in [5, 5.41) is 11.5. The van der Waals surface area contributed by atoms with Crippen LogP contribution in [0, 0.1) is 5.41 Å². The Morgan fingerprint density at radius 3 is 1.47 bits per heavy atom. The zero-order chi connectivity index (χ0) is 43.6. The summed E-state index contributed by atoms with van der Waals surface area (Å²) in [6.07, 6.45) is -2.18. The molecule has 6 aromatic rings. The maximum Gasteiger partial charge on any atom is 0.530 e. The number of amides is 2. The molecule has 2 amide bonds. The minimum atomic E-state index is -4.35. The van der Waals surface area contributed by atoms with Gasteiger partial charge in [-0.25, -0.2) is 24.6 Å². The number of aliphatic carboxylic acids is 1. The van der Waals surface area contributed by atoms with E-state index in [-0.39, 0.29) is 51.0 Å². The lowest BCUT2D eigenvalue weighted by molar-refractivity contribution is -0.149. The van der Waals surface area contributed by atoms with Crippen molar-refractivity contribution in [2.75, 3.05) is 6.54 Å². The molecule has 0 fully saturated rings. The highest BCUT2D eigenvalue weighted by Crippen LogP contribution is 2.53. The quantitative estimate of drug-likeness (QED) is 0.0556. The number of hydrogen-bond donors (Lipinski definition) is 2. The van der Waals surface area contributed by atoms with Gasteiger partial charge in [-0.2, -0.15) is 0 Å². The first-order valence-corrected chi connectivity index (χ1v) is 21.2. The van der Waals surface area contributed by atoms with Crippen molar-refractivity contribution < 1.29 is 51.8 Å². The van der Waals surface area contributed by atoms with Crippen molar-refractivity contribution in [1.29, 1.82) is 0 Å². The molecule has 62 heavy (non-hydrogen) atoms. The Labute approximate surface area is 360 Å². The fourth-order valence-electron chi connectivity index (χ4n) is 6.06. The molecule has 0 aliphatic carbocycles. The number of carboxylic acid groups (broad SMARTS) is 1. The number of phosphoric acid groups is 1. The molecule has 320 valence electrons. The van der Waals surface area contributed by atoms with Crippen LogP contribution in [-0.2, 0) is 67.3 Å². The second-order valence-electron chi connectivity index (χ2n) is 14.5. The Balaban J connectivity index is 1.26. The molecule has 0 aliphatic heterocycles. The fraction of sp³-hybridized carbons (Fsp3) is 0.188. The average Bonchev–Trinajstić information content (AvgIpc) is 3.30. The molecule has 6 aromatic carbocycles. The van der Waals surface area contributed by atoms with Crippen LogP contribution in [0.5, 0.6) is 11.5 Å². The van der Waals surface area contributed by atoms with Gasteiger partial charge in [-0.3, -0.25) is 13.8 Å². The number of carbonyl (C=O) groups is 3. The second kappa shape index (κ2) is 22.1. The number of hydrazine groups is 1. The summed E-state index contributed by atoms with van der Waals surface area (Å²) in [4.78, 5) is 39.8. The minimum Gasteiger partial charge on any atom is -0.485 e. The average molecular weight is 859 g/mol. The summed E-state index contributed by atoms with van der Waals surface area (Å²) < 4.78 is 49.4. The number of carboxylic acids is 1. The number of phosphoric ester groups is 1. The van der Waals surface area contributed by atoms with Gasteiger partial charge in [0, 0.05) is 0 Å². The molecule has 0 aromatic heterocycles. The number of benzene rings is 6. The third kappa shape index (κ3) is 13.8. The molecule has 2 N–H and O–H groups in total. The van der Waals surface area contributed by atoms with Gasteiger partial charge in [0.05, 0.1) is 25.2 Å². The van der Waals surface area contributed by atoms with Crippen molar-refractivity contribution in [3.05, 3.63) is 203 Å². The summed E-state index contributed by atoms with van der Waals surface area (Å²) in [7, 11) is -4.35. The van der Waals surface area contributed by atoms with E-state index in [1.54, 1.807) is 60.7 Å². The normalized spacial score (nSPS) is 12.0. The summed E-state index contributed by atoms with van der Waals surface area (Å²) in [5.74, 6) is -1.15. The van der Waals surface area contributed by atoms with E-state index >= 15 is 0 Å². The minimum absolute atomic E-state index is 0.0140. The molecule has 0 spiro atoms. The predicted molar refractivity (Wildman–Crippen MR) is 230 cm³/mol. The third-order valence-electron chi connectivity index (χ3n) is 9.40. The Morgan fingerprint density at radius 1 is 0.565 bits per heavy atom. The first-order chi connectivity index (χ1) is 30.1. The van der Waals surface area contributed by atoms with E-state index in [1.807, 2.05) is 103 Å². The van der Waals surface area contributed by atoms with Crippen molar-refractivity contribution in [2.45, 2.75) is 46.4 Å². The molecule has 1 atom stereocenters. The number of carbonyl (C=O) groups excluding carboxylic acids is 2. The molecule has 0 heterocycles. The number of nitrogens with one attached hydrogen (secondary N) is 1. The van der Waals surface area contributed by atoms with Crippen LogP contribution in [0.2, 0.25) is 0 Å². The number of rotatable bonds is 20. The van der Waals surface area contributed by atoms with Crippen LogP contribution in [-0.4, -0.2) is 34.8 Å². The smallest absolute Gasteiger partial charge is 0.485 e. The molecule has 0 unspecified atom stereocenters. The van der Waals surface area contributed by atoms with Gasteiger partial charge >= 0.3 is 26.0 Å². The summed E-state index contributed by atoms with van der Waals surface area (Å²) in [6.45, 7) is 0.565. The van der Waals surface area contributed by atoms with Crippen molar-refractivity contribution >= 4 is 26.0 Å². The van der Waals surface area contributed by atoms with Gasteiger partial charge in [0.25, 0.3) is 0 Å². The van der Waals surface area contributed by atoms with Gasteiger partial charge in [0.15, 0.2) is 11.5 Å². The molecular formula is C48H47N2O11P. The molecule has 0 radical (unpaired) electrons. The highest BCUT2D eigenvalue weighted by atomic mass is 31.2. The van der Waals surface area contributed by atoms with Crippen molar-refractivity contribution in [3.63, 3.8) is 0 Å². The molecule has 14 heteroatoms. The molecule has 0 bridgehead atoms. The largest absolute Gasteiger partial charge is 0.530 e. The van der Waals surface area contributed by atoms with E-state index in [2.05, 4.69) is 5.43 Å². The van der Waals surface area contributed by atoms with Gasteiger partial charge in [-0.15, -0.1) is 0 Å². The SMILES string of the molecule is C[C@@](Cc1ccc(OP(=O)(OCc2ccccc2)OCc2ccccc2)c(OCc2ccccc2)c1)(CN(NC(=O)OCc1ccccc1)C(=O)OCc1ccccc1)C(=O)O. The summed E-state index contributed by atoms with van der Waals surface area (Å²) in [5.41, 5.74) is 4.77. The topological polar surface area (TPSA) is 159 Å². The molecule has 0 saturated heterocycles. The van der Waals surface area contributed by atoms with Gasteiger partial charge in [0.1, 0.15) is 19.8 Å². The maximum atomic E-state index is 14.4. The standard InChI is InChI=1S/C48H47N2O11P/c1-48(45(51)52,36-50(47(54)58-33-39-21-11-4-12-22-39)49-46(53)57-32-38-19-9-3-10-20-38)30-42-27-28-43(44(29-42)56-31-37-17-7-2-8-18-37)61-62(55,59-34-40-23-13-5-14-24-40)60-35-41-25-15-6-16-26-41/h2-29H,30-36H2,1H3,(H,49,53)(H,51,52)/t48-/m1/s1. The van der Waals surface area contributed by atoms with Crippen LogP contribution in [0.3, 0.4) is 0 Å². The highest BCUT2D eigenvalue weighted by molar-refractivity contribution is 7.48. The van der Waals surface area contributed by atoms with Gasteiger partial charge in [-0.05, 0) is 58.9 Å². The first-order valence-electron chi connectivity index (χ1n) is 19.7. The van der Waals surface area contributed by atoms with Crippen molar-refractivity contribution in [3.8, 4) is 11.5 Å². The van der Waals surface area contributed by atoms with Crippen LogP contribution >= 0.6 is 7.82 Å². The van der Waals surface area contributed by atoms with Crippen molar-refractivity contribution in [2.24, 2.45) is 5.41 Å². The predicted octanol–water partition coefficient (Wildman–Crippen LogP) is 10.3. The monoisotopic (exact) mass is 858 g/mol. The molecule has 6 rings (SSSR count). The Hall–Kier alpha value is -6.92. The lowest BCUT2D eigenvalue weighted by Gasteiger charge is -2.32. The number of hydrogen-bond acceptors (Lipinski definition) is 10. The Morgan fingerprint density at radius 2 is 1.00 bits per heavy atom. The number of ether oxygens (including phenoxy) is 3. The molecule has 13 nitrogen and oxygen atoms in total. The second-order valence-corrected chi connectivity index (χ2v) is 16.0. The lowest BCUT2D eigenvalue weighted by Crippen LogP contribution is -2.53. The third-order valence-corrected chi connectivity index (χ3v) is 10.7. The van der Waals surface area contributed by atoms with E-state index in [9.17, 15) is 24.1 Å². The van der Waals surface area contributed by atoms with E-state index < -0.39 is 37.9 Å². The van der Waals surface area contributed by atoms with E-state index in [0.717, 1.165) is 21.7 Å². The highest BCUT2D eigenvalue weighted by Gasteiger charge is 2.39. The zero-order valence-electron chi connectivity index (χ0n) is 34.0. The lowest BCUT2D eigenvalue weighted by atomic mass is 9.83. The summed E-state index contributed by atoms with van der Waals surface area (Å²) in [6, 6.07) is 50.1. The Bertz CT molecular complexity index is 2340. The van der Waals surface area contributed by atoms with E-state index in [4.69, 9.17) is 27.8 Å². The maximum absolute atomic E-state index is 14.4. The Kier molecular flexibility index (Phi) is 15.9. The van der Waals surface area contributed by atoms with Gasteiger partial charge in [-0.1, -0.05) is 158 Å². The fourth-order valence-corrected chi connectivity index (χ4v) is 7.25.